The lowest BCUT2D eigenvalue weighted by atomic mass is 10.0. The number of nitrogens with one attached hydrogen (secondary N) is 1. The lowest BCUT2D eigenvalue weighted by molar-refractivity contribution is -0.137. The summed E-state index contributed by atoms with van der Waals surface area (Å²) in [5, 5.41) is 6.41. The van der Waals surface area contributed by atoms with E-state index in [0.29, 0.717) is 11.8 Å². The largest absolute Gasteiger partial charge is 0.416 e. The molecule has 1 aliphatic carbocycles. The average molecular weight is 388 g/mol. The van der Waals surface area contributed by atoms with Crippen molar-refractivity contribution < 1.29 is 26.7 Å². The van der Waals surface area contributed by atoms with Crippen molar-refractivity contribution in [1.29, 1.82) is 0 Å². The summed E-state index contributed by atoms with van der Waals surface area (Å²) in [6.45, 7) is 3.04. The minimum absolute atomic E-state index is 0.0802. The zero-order valence-electron chi connectivity index (χ0n) is 14.4. The van der Waals surface area contributed by atoms with E-state index in [0.717, 1.165) is 12.1 Å². The molecule has 2 aromatic rings. The fourth-order valence-corrected chi connectivity index (χ4v) is 2.71. The molecule has 0 saturated heterocycles. The van der Waals surface area contributed by atoms with Crippen LogP contribution >= 0.6 is 0 Å². The number of anilines is 2. The van der Waals surface area contributed by atoms with Gasteiger partial charge in [0.25, 0.3) is 11.8 Å². The molecule has 1 atom stereocenters. The monoisotopic (exact) mass is 388 g/mol. The van der Waals surface area contributed by atoms with Crippen LogP contribution in [0.25, 0.3) is 0 Å². The average Bonchev–Trinajstić information content (AvgIpc) is 2.96. The number of amides is 1. The minimum atomic E-state index is -4.67. The summed E-state index contributed by atoms with van der Waals surface area (Å²) < 4.78 is 67.2. The number of rotatable bonds is 4. The lowest BCUT2D eigenvalue weighted by Crippen LogP contribution is -2.40. The van der Waals surface area contributed by atoms with Gasteiger partial charge in [0.2, 0.25) is 0 Å². The molecule has 146 valence electrons. The van der Waals surface area contributed by atoms with Crippen LogP contribution in [0.1, 0.15) is 37.3 Å². The maximum atomic E-state index is 13.5. The van der Waals surface area contributed by atoms with Gasteiger partial charge in [0.15, 0.2) is 0 Å². The molecule has 3 rings (SSSR count). The highest BCUT2D eigenvalue weighted by atomic mass is 19.4. The predicted octanol–water partition coefficient (Wildman–Crippen LogP) is 3.98. The summed E-state index contributed by atoms with van der Waals surface area (Å²) in [6.07, 6.45) is -2.48. The van der Waals surface area contributed by atoms with Gasteiger partial charge in [0.1, 0.15) is 5.54 Å². The fourth-order valence-electron chi connectivity index (χ4n) is 2.71. The van der Waals surface area contributed by atoms with E-state index in [4.69, 9.17) is 5.73 Å². The highest BCUT2D eigenvalue weighted by molar-refractivity contribution is 5.97. The Kier molecular flexibility index (Phi) is 4.20. The molecule has 1 amide bonds. The van der Waals surface area contributed by atoms with E-state index in [-0.39, 0.29) is 11.3 Å². The Labute approximate surface area is 151 Å². The number of nitrogen functional groups attached to an aromatic ring is 1. The molecule has 0 aliphatic heterocycles. The van der Waals surface area contributed by atoms with Gasteiger partial charge in [0, 0.05) is 18.3 Å². The van der Waals surface area contributed by atoms with E-state index in [9.17, 15) is 26.7 Å². The zero-order valence-corrected chi connectivity index (χ0v) is 14.4. The molecule has 0 radical (unpaired) electrons. The number of halogens is 5. The topological polar surface area (TPSA) is 72.9 Å². The second kappa shape index (κ2) is 5.93. The smallest absolute Gasteiger partial charge is 0.396 e. The summed E-state index contributed by atoms with van der Waals surface area (Å²) >= 11 is 0. The second-order valence-corrected chi connectivity index (χ2v) is 7.05. The van der Waals surface area contributed by atoms with Crippen molar-refractivity contribution in [1.82, 2.24) is 9.78 Å². The van der Waals surface area contributed by atoms with Crippen molar-refractivity contribution in [3.05, 3.63) is 41.7 Å². The molecule has 1 aromatic heterocycles. The van der Waals surface area contributed by atoms with Gasteiger partial charge in [-0.25, -0.2) is 8.78 Å². The third-order valence-electron chi connectivity index (χ3n) is 4.56. The summed E-state index contributed by atoms with van der Waals surface area (Å²) in [5.41, 5.74) is 3.30. The Balaban J connectivity index is 1.93. The molecule has 1 fully saturated rings. The molecule has 0 spiro atoms. The lowest BCUT2D eigenvalue weighted by Gasteiger charge is -2.25. The van der Waals surface area contributed by atoms with Gasteiger partial charge in [-0.2, -0.15) is 18.3 Å². The van der Waals surface area contributed by atoms with Crippen LogP contribution in [0.4, 0.5) is 33.3 Å². The van der Waals surface area contributed by atoms with Gasteiger partial charge >= 0.3 is 6.18 Å². The van der Waals surface area contributed by atoms with E-state index in [2.05, 4.69) is 10.4 Å². The first-order valence-electron chi connectivity index (χ1n) is 8.03. The Hall–Kier alpha value is -2.65. The van der Waals surface area contributed by atoms with Gasteiger partial charge in [0.05, 0.1) is 23.4 Å². The maximum Gasteiger partial charge on any atom is 0.416 e. The Bertz CT molecular complexity index is 888. The SMILES string of the molecule is CC(C)(C(=O)Nc1ccc(C(F)(F)F)cc1C1CC1(F)F)n1cc(N)cn1. The minimum Gasteiger partial charge on any atom is -0.396 e. The fraction of sp³-hybridized carbons (Fsp3) is 0.412. The predicted molar refractivity (Wildman–Crippen MR) is 88.3 cm³/mol. The molecule has 10 heteroatoms. The number of hydrogen-bond donors (Lipinski definition) is 2. The van der Waals surface area contributed by atoms with Crippen molar-refractivity contribution in [2.75, 3.05) is 11.1 Å². The quantitative estimate of drug-likeness (QED) is 0.779. The first kappa shape index (κ1) is 19.1. The molecule has 1 aliphatic rings. The summed E-state index contributed by atoms with van der Waals surface area (Å²) in [5.74, 6) is -5.08. The molecule has 1 saturated carbocycles. The van der Waals surface area contributed by atoms with Crippen molar-refractivity contribution >= 4 is 17.3 Å². The number of benzene rings is 1. The van der Waals surface area contributed by atoms with Gasteiger partial charge in [-0.15, -0.1) is 0 Å². The molecule has 3 N–H and O–H groups in total. The van der Waals surface area contributed by atoms with Crippen molar-refractivity contribution in [3.8, 4) is 0 Å². The summed E-state index contributed by atoms with van der Waals surface area (Å²) in [6, 6.07) is 2.41. The Morgan fingerprint density at radius 2 is 1.96 bits per heavy atom. The van der Waals surface area contributed by atoms with Crippen LogP contribution in [-0.4, -0.2) is 21.6 Å². The number of hydrogen-bond acceptors (Lipinski definition) is 3. The number of carbonyl (C=O) groups excluding carboxylic acids is 1. The Morgan fingerprint density at radius 3 is 2.44 bits per heavy atom. The summed E-state index contributed by atoms with van der Waals surface area (Å²) in [4.78, 5) is 12.7. The highest BCUT2D eigenvalue weighted by Crippen LogP contribution is 2.57. The number of alkyl halides is 5. The molecule has 1 unspecified atom stereocenters. The van der Waals surface area contributed by atoms with Crippen LogP contribution < -0.4 is 11.1 Å². The third kappa shape index (κ3) is 3.60. The highest BCUT2D eigenvalue weighted by Gasteiger charge is 2.58. The van der Waals surface area contributed by atoms with Crippen LogP contribution in [-0.2, 0) is 16.5 Å². The van der Waals surface area contributed by atoms with Crippen LogP contribution in [0.15, 0.2) is 30.6 Å². The molecule has 27 heavy (non-hydrogen) atoms. The maximum absolute atomic E-state index is 13.5. The van der Waals surface area contributed by atoms with E-state index < -0.39 is 41.4 Å². The third-order valence-corrected chi connectivity index (χ3v) is 4.56. The van der Waals surface area contributed by atoms with Crippen molar-refractivity contribution in [3.63, 3.8) is 0 Å². The molecule has 1 aromatic carbocycles. The van der Waals surface area contributed by atoms with Crippen molar-refractivity contribution in [2.45, 2.75) is 43.8 Å². The van der Waals surface area contributed by atoms with E-state index in [1.165, 1.54) is 30.9 Å². The van der Waals surface area contributed by atoms with Gasteiger partial charge in [-0.1, -0.05) is 0 Å². The number of carbonyl (C=O) groups is 1. The number of nitrogens with zero attached hydrogens (tertiary/aromatic N) is 2. The Morgan fingerprint density at radius 1 is 1.33 bits per heavy atom. The first-order valence-corrected chi connectivity index (χ1v) is 8.03. The molecule has 0 bridgehead atoms. The molecular weight excluding hydrogens is 371 g/mol. The normalized spacial score (nSPS) is 19.0. The van der Waals surface area contributed by atoms with E-state index in [1.807, 2.05) is 0 Å². The van der Waals surface area contributed by atoms with E-state index >= 15 is 0 Å². The van der Waals surface area contributed by atoms with Gasteiger partial charge in [-0.05, 0) is 37.6 Å². The van der Waals surface area contributed by atoms with Crippen LogP contribution in [0.3, 0.4) is 0 Å². The van der Waals surface area contributed by atoms with Gasteiger partial charge < -0.3 is 11.1 Å². The second-order valence-electron chi connectivity index (χ2n) is 7.05. The van der Waals surface area contributed by atoms with E-state index in [1.54, 1.807) is 0 Å². The van der Waals surface area contributed by atoms with Crippen LogP contribution in [0.5, 0.6) is 0 Å². The van der Waals surface area contributed by atoms with Crippen molar-refractivity contribution in [2.24, 2.45) is 0 Å². The summed E-state index contributed by atoms with van der Waals surface area (Å²) in [7, 11) is 0. The standard InChI is InChI=1S/C17H17F5N4O/c1-15(2,26-8-10(23)7-24-26)14(27)25-13-4-3-9(17(20,21)22)5-11(13)12-6-16(12,18)19/h3-5,7-8,12H,6,23H2,1-2H3,(H,25,27). The molecule has 1 heterocycles. The molecule has 5 nitrogen and oxygen atoms in total. The first-order chi connectivity index (χ1) is 12.3. The number of nitrogens with two attached hydrogens (primary N) is 1. The van der Waals surface area contributed by atoms with Crippen LogP contribution in [0.2, 0.25) is 0 Å². The number of aromatic nitrogens is 2. The van der Waals surface area contributed by atoms with Crippen LogP contribution in [0, 0.1) is 0 Å². The zero-order chi connectivity index (χ0) is 20.2. The van der Waals surface area contributed by atoms with Gasteiger partial charge in [-0.3, -0.25) is 9.48 Å². The molecular formula is C17H17F5N4O.